The minimum atomic E-state index is -0.360. The minimum absolute atomic E-state index is 0.00777. The molecule has 0 fully saturated rings. The van der Waals surface area contributed by atoms with Crippen LogP contribution in [0.1, 0.15) is 37.8 Å². The number of allylic oxidation sites excluding steroid dienone is 2. The first-order valence-corrected chi connectivity index (χ1v) is 11.4. The second-order valence-corrected chi connectivity index (χ2v) is 9.75. The Kier molecular flexibility index (Phi) is 6.11. The van der Waals surface area contributed by atoms with E-state index in [2.05, 4.69) is 41.1 Å². The van der Waals surface area contributed by atoms with Crippen LogP contribution in [0.3, 0.4) is 0 Å². The van der Waals surface area contributed by atoms with Crippen molar-refractivity contribution in [2.24, 2.45) is 0 Å². The number of fused-ring (bicyclic) bond motifs is 1. The largest absolute Gasteiger partial charge is 0.484 e. The zero-order chi connectivity index (χ0) is 22.9. The molecule has 0 radical (unpaired) electrons. The van der Waals surface area contributed by atoms with Crippen molar-refractivity contribution >= 4 is 23.2 Å². The third-order valence-electron chi connectivity index (χ3n) is 5.73. The van der Waals surface area contributed by atoms with E-state index >= 15 is 0 Å². The third kappa shape index (κ3) is 4.43. The van der Waals surface area contributed by atoms with Crippen LogP contribution in [0.15, 0.2) is 69.9 Å². The van der Waals surface area contributed by atoms with Gasteiger partial charge in [-0.3, -0.25) is 4.79 Å². The minimum Gasteiger partial charge on any atom is -0.484 e. The molecule has 1 atom stereocenters. The van der Waals surface area contributed by atoms with E-state index < -0.39 is 0 Å². The third-order valence-corrected chi connectivity index (χ3v) is 6.68. The van der Waals surface area contributed by atoms with Gasteiger partial charge >= 0.3 is 0 Å². The van der Waals surface area contributed by atoms with Crippen molar-refractivity contribution in [2.45, 2.75) is 50.2 Å². The number of para-hydroxylation sites is 1. The summed E-state index contributed by atoms with van der Waals surface area (Å²) in [6, 6.07) is 16.0. The highest BCUT2D eigenvalue weighted by Crippen LogP contribution is 2.46. The molecule has 0 bridgehead atoms. The van der Waals surface area contributed by atoms with E-state index in [0.29, 0.717) is 11.1 Å². The first-order valence-electron chi connectivity index (χ1n) is 10.5. The number of hydrogen-bond acceptors (Lipinski definition) is 7. The number of hydrogen-bond donors (Lipinski definition) is 0. The monoisotopic (exact) mass is 449 g/mol. The van der Waals surface area contributed by atoms with Gasteiger partial charge in [-0.15, -0.1) is 10.2 Å². The van der Waals surface area contributed by atoms with E-state index in [1.807, 2.05) is 57.3 Å². The van der Waals surface area contributed by atoms with Gasteiger partial charge in [-0.2, -0.15) is 0 Å². The van der Waals surface area contributed by atoms with Crippen LogP contribution < -0.4 is 9.64 Å². The molecule has 0 saturated heterocycles. The van der Waals surface area contributed by atoms with Crippen molar-refractivity contribution in [1.82, 2.24) is 10.2 Å². The molecule has 0 spiro atoms. The Labute approximate surface area is 192 Å². The summed E-state index contributed by atoms with van der Waals surface area (Å²) in [4.78, 5) is 15.1. The number of carbonyl (C=O) groups is 1. The lowest BCUT2D eigenvalue weighted by atomic mass is 9.83. The lowest BCUT2D eigenvalue weighted by Crippen LogP contribution is -2.25. The number of aromatic nitrogens is 2. The molecule has 0 amide bonds. The lowest BCUT2D eigenvalue weighted by molar-refractivity contribution is -0.114. The first kappa shape index (κ1) is 22.1. The van der Waals surface area contributed by atoms with Gasteiger partial charge in [0.25, 0.3) is 11.1 Å². The summed E-state index contributed by atoms with van der Waals surface area (Å²) in [6.45, 7) is 8.34. The van der Waals surface area contributed by atoms with Gasteiger partial charge in [0.2, 0.25) is 0 Å². The van der Waals surface area contributed by atoms with Crippen molar-refractivity contribution in [1.29, 1.82) is 0 Å². The molecular formula is C25H27N3O3S. The Balaban J connectivity index is 1.40. The standard InChI is InChI=1S/C25H27N3O3S/c1-16-10-12-18(13-11-16)30-15-23-26-27-24(31-23)32-17(2)21(29)14-22-25(3,4)19-8-6-7-9-20(19)28(22)5/h6-14,17H,15H2,1-5H3/b22-14+. The predicted molar refractivity (Wildman–Crippen MR) is 126 cm³/mol. The van der Waals surface area contributed by atoms with Crippen LogP contribution >= 0.6 is 11.8 Å². The van der Waals surface area contributed by atoms with Crippen LogP contribution in [0.2, 0.25) is 0 Å². The molecule has 32 heavy (non-hydrogen) atoms. The summed E-state index contributed by atoms with van der Waals surface area (Å²) in [6.07, 6.45) is 1.75. The number of likely N-dealkylation sites (N-methyl/N-ethyl adjacent to an activating group) is 1. The molecule has 1 unspecified atom stereocenters. The fourth-order valence-corrected chi connectivity index (χ4v) is 4.56. The molecule has 6 nitrogen and oxygen atoms in total. The van der Waals surface area contributed by atoms with Crippen LogP contribution in [0.25, 0.3) is 0 Å². The Hall–Kier alpha value is -3.06. The normalized spacial score (nSPS) is 16.8. The van der Waals surface area contributed by atoms with Gasteiger partial charge in [0.15, 0.2) is 12.4 Å². The molecule has 0 saturated carbocycles. The van der Waals surface area contributed by atoms with E-state index in [9.17, 15) is 4.79 Å². The van der Waals surface area contributed by atoms with Crippen LogP contribution in [0.4, 0.5) is 5.69 Å². The van der Waals surface area contributed by atoms with Crippen LogP contribution in [0.5, 0.6) is 5.75 Å². The molecular weight excluding hydrogens is 422 g/mol. The smallest absolute Gasteiger partial charge is 0.277 e. The first-order chi connectivity index (χ1) is 15.3. The molecule has 1 aliphatic heterocycles. The summed E-state index contributed by atoms with van der Waals surface area (Å²) in [5.41, 5.74) is 4.26. The summed E-state index contributed by atoms with van der Waals surface area (Å²) in [5, 5.41) is 8.08. The zero-order valence-corrected chi connectivity index (χ0v) is 19.8. The maximum atomic E-state index is 13.0. The van der Waals surface area contributed by atoms with Gasteiger partial charge in [-0.1, -0.05) is 61.5 Å². The summed E-state index contributed by atoms with van der Waals surface area (Å²) >= 11 is 1.26. The van der Waals surface area contributed by atoms with Crippen molar-refractivity contribution in [3.63, 3.8) is 0 Å². The van der Waals surface area contributed by atoms with Crippen molar-refractivity contribution in [3.05, 3.63) is 77.3 Å². The van der Waals surface area contributed by atoms with Crippen molar-refractivity contribution in [2.75, 3.05) is 11.9 Å². The van der Waals surface area contributed by atoms with Gasteiger partial charge in [-0.25, -0.2) is 0 Å². The zero-order valence-electron chi connectivity index (χ0n) is 19.0. The van der Waals surface area contributed by atoms with E-state index in [4.69, 9.17) is 9.15 Å². The van der Waals surface area contributed by atoms with Gasteiger partial charge in [0.05, 0.1) is 5.25 Å². The maximum Gasteiger partial charge on any atom is 0.277 e. The highest BCUT2D eigenvalue weighted by Gasteiger charge is 2.38. The lowest BCUT2D eigenvalue weighted by Gasteiger charge is -2.24. The Morgan fingerprint density at radius 2 is 1.91 bits per heavy atom. The number of ether oxygens (including phenoxy) is 1. The summed E-state index contributed by atoms with van der Waals surface area (Å²) in [5.74, 6) is 1.12. The molecule has 7 heteroatoms. The summed E-state index contributed by atoms with van der Waals surface area (Å²) < 4.78 is 11.3. The molecule has 4 rings (SSSR count). The molecule has 166 valence electrons. The Bertz CT molecular complexity index is 1150. The topological polar surface area (TPSA) is 68.5 Å². The quantitative estimate of drug-likeness (QED) is 0.357. The number of ketones is 1. The molecule has 1 aromatic heterocycles. The van der Waals surface area contributed by atoms with Gasteiger partial charge in [-0.05, 0) is 37.6 Å². The number of benzene rings is 2. The maximum absolute atomic E-state index is 13.0. The molecule has 1 aliphatic rings. The van der Waals surface area contributed by atoms with Crippen LogP contribution in [-0.2, 0) is 16.8 Å². The van der Waals surface area contributed by atoms with E-state index in [1.165, 1.54) is 22.9 Å². The van der Waals surface area contributed by atoms with E-state index in [0.717, 1.165) is 17.1 Å². The fraction of sp³-hybridized carbons (Fsp3) is 0.320. The predicted octanol–water partition coefficient (Wildman–Crippen LogP) is 5.32. The average molecular weight is 450 g/mol. The van der Waals surface area contributed by atoms with E-state index in [1.54, 1.807) is 6.08 Å². The SMILES string of the molecule is Cc1ccc(OCc2nnc(SC(C)C(=O)/C=C3/N(C)c4ccccc4C3(C)C)o2)cc1. The summed E-state index contributed by atoms with van der Waals surface area (Å²) in [7, 11) is 2.00. The number of rotatable bonds is 7. The van der Waals surface area contributed by atoms with Crippen LogP contribution in [0, 0.1) is 6.92 Å². The molecule has 3 aromatic rings. The Morgan fingerprint density at radius 1 is 1.19 bits per heavy atom. The number of carbonyl (C=O) groups excluding carboxylic acids is 1. The second-order valence-electron chi connectivity index (χ2n) is 8.46. The highest BCUT2D eigenvalue weighted by molar-refractivity contribution is 8.00. The highest BCUT2D eigenvalue weighted by atomic mass is 32.2. The van der Waals surface area contributed by atoms with E-state index in [-0.39, 0.29) is 23.1 Å². The van der Waals surface area contributed by atoms with Gasteiger partial charge in [0.1, 0.15) is 5.75 Å². The molecule has 0 N–H and O–H groups in total. The number of aryl methyl sites for hydroxylation is 1. The molecule has 2 aromatic carbocycles. The second kappa shape index (κ2) is 8.82. The average Bonchev–Trinajstić information content (AvgIpc) is 3.30. The fourth-order valence-electron chi connectivity index (χ4n) is 3.84. The molecule has 2 heterocycles. The van der Waals surface area contributed by atoms with Gasteiger partial charge in [0, 0.05) is 29.9 Å². The van der Waals surface area contributed by atoms with Crippen LogP contribution in [-0.4, -0.2) is 28.3 Å². The van der Waals surface area contributed by atoms with Gasteiger partial charge < -0.3 is 14.1 Å². The Morgan fingerprint density at radius 3 is 2.62 bits per heavy atom. The van der Waals surface area contributed by atoms with Crippen molar-refractivity contribution < 1.29 is 13.9 Å². The van der Waals surface area contributed by atoms with Crippen molar-refractivity contribution in [3.8, 4) is 5.75 Å². The number of thioether (sulfide) groups is 1. The number of anilines is 1. The molecule has 0 aliphatic carbocycles. The number of nitrogens with zero attached hydrogens (tertiary/aromatic N) is 3.